The van der Waals surface area contributed by atoms with Crippen molar-refractivity contribution in [1.82, 2.24) is 0 Å². The van der Waals surface area contributed by atoms with Gasteiger partial charge < -0.3 is 40.8 Å². The van der Waals surface area contributed by atoms with Crippen molar-refractivity contribution in [3.8, 4) is 23.3 Å². The molecule has 0 amide bonds. The summed E-state index contributed by atoms with van der Waals surface area (Å²) in [5.74, 6) is 4.79. The molecule has 7 N–H and O–H groups in total. The molecule has 4 aromatic carbocycles. The Morgan fingerprint density at radius 2 is 1.74 bits per heavy atom. The number of aryl methyl sites for hydroxylation is 1. The summed E-state index contributed by atoms with van der Waals surface area (Å²) in [5, 5.41) is 32.6. The normalized spacial score (nSPS) is 30.5. The summed E-state index contributed by atoms with van der Waals surface area (Å²) in [6.45, 7) is 1.99. The summed E-state index contributed by atoms with van der Waals surface area (Å²) >= 11 is 0. The third kappa shape index (κ3) is 9.55. The molecule has 11 atom stereocenters. The zero-order valence-corrected chi connectivity index (χ0v) is 41.9. The van der Waals surface area contributed by atoms with E-state index in [1.54, 1.807) is 12.1 Å². The second-order valence-corrected chi connectivity index (χ2v) is 22.1. The van der Waals surface area contributed by atoms with Gasteiger partial charge in [-0.2, -0.15) is 0 Å². The van der Waals surface area contributed by atoms with Gasteiger partial charge in [-0.25, -0.2) is 13.4 Å². The largest absolute Gasteiger partial charge is 1.00 e. The van der Waals surface area contributed by atoms with Crippen molar-refractivity contribution in [2.75, 3.05) is 6.61 Å². The smallest absolute Gasteiger partial charge is 0.748 e. The van der Waals surface area contributed by atoms with Gasteiger partial charge in [0.05, 0.1) is 27.1 Å². The number of rotatable bonds is 8. The number of hydrogen-bond acceptors (Lipinski definition) is 9. The summed E-state index contributed by atoms with van der Waals surface area (Å²) in [4.78, 5) is 5.02. The van der Waals surface area contributed by atoms with Crippen molar-refractivity contribution in [3.05, 3.63) is 142 Å². The van der Waals surface area contributed by atoms with E-state index in [2.05, 4.69) is 30.9 Å². The molecule has 352 valence electrons. The number of nitrogens with zero attached hydrogens (tertiary/aromatic N) is 1. The van der Waals surface area contributed by atoms with Crippen molar-refractivity contribution in [3.63, 3.8) is 0 Å². The summed E-state index contributed by atoms with van der Waals surface area (Å²) in [7, 11) is -4.91. The number of ether oxygens (including phenoxy) is 2. The van der Waals surface area contributed by atoms with Gasteiger partial charge in [0.2, 0.25) is 5.72 Å². The van der Waals surface area contributed by atoms with Crippen LogP contribution in [-0.4, -0.2) is 57.8 Å². The predicted molar refractivity (Wildman–Crippen MR) is 256 cm³/mol. The maximum atomic E-state index is 14.1. The Kier molecular flexibility index (Phi) is 14.1. The van der Waals surface area contributed by atoms with E-state index in [4.69, 9.17) is 25.9 Å². The summed E-state index contributed by atoms with van der Waals surface area (Å²) in [6.07, 6.45) is 7.98. The molecule has 0 unspecified atom stereocenters. The van der Waals surface area contributed by atoms with Crippen molar-refractivity contribution >= 4 is 16.1 Å². The third-order valence-electron chi connectivity index (χ3n) is 16.5. The Balaban J connectivity index is 0.00000578. The minimum absolute atomic E-state index is 0. The Bertz CT molecular complexity index is 2730. The summed E-state index contributed by atoms with van der Waals surface area (Å²) in [5.41, 5.74) is 17.2. The van der Waals surface area contributed by atoms with Crippen LogP contribution in [0.2, 0.25) is 0 Å². The van der Waals surface area contributed by atoms with E-state index in [1.807, 2.05) is 72.8 Å². The number of hydrogen-bond donors (Lipinski definition) is 5. The zero-order chi connectivity index (χ0) is 46.7. The molecule has 8 aliphatic rings. The van der Waals surface area contributed by atoms with Crippen LogP contribution in [0.5, 0.6) is 11.5 Å². The van der Waals surface area contributed by atoms with Crippen LogP contribution >= 0.6 is 0 Å². The standard InChI is InChI=1S/C55H63N3O8S.Na/c1-33-12-13-37-27-44-19-21-45(37)47(33)30-50(67(62,63)64)48-28-40-25-39(29-49-38(32-59)11-7-10-36-26-43(60)18-20-46(36)52(40)65-49)51(48)35-14-16-41(17-15-35)55(66-44,58-53(56)57)31-42(54(61)22-5-6-23-54)24-34-8-3-2-4-9-34;/h2-4,8-9,14-21,26-28,33,38-39,42,47-52,59-61H,5-6,11-13,22-25,29-32H2,1H3,(H4,56,57,58)(H,62,63,64);/q;+1/p-1/t33-,38+,39+,42+,47-,48-,49-,50+,51-,52+,55-;/m0./s1. The minimum atomic E-state index is -4.91. The number of phenols is 1. The van der Waals surface area contributed by atoms with Crippen LogP contribution in [0.15, 0.2) is 108 Å². The van der Waals surface area contributed by atoms with Gasteiger partial charge in [0.15, 0.2) is 5.96 Å². The third-order valence-corrected chi connectivity index (χ3v) is 17.7. The molecule has 10 bridgehead atoms. The van der Waals surface area contributed by atoms with E-state index < -0.39 is 50.7 Å². The van der Waals surface area contributed by atoms with Gasteiger partial charge in [-0.3, -0.25) is 0 Å². The van der Waals surface area contributed by atoms with Crippen LogP contribution < -0.4 is 45.8 Å². The first-order valence-electron chi connectivity index (χ1n) is 24.2. The first kappa shape index (κ1) is 48.8. The molecular weight excluding hydrogens is 886 g/mol. The molecule has 68 heavy (non-hydrogen) atoms. The van der Waals surface area contributed by atoms with Gasteiger partial charge in [0.25, 0.3) is 0 Å². The molecule has 1 saturated heterocycles. The molecule has 12 rings (SSSR count). The van der Waals surface area contributed by atoms with E-state index in [9.17, 15) is 28.3 Å². The Hall–Kier alpha value is -4.16. The molecule has 5 aliphatic heterocycles. The molecule has 0 spiro atoms. The molecule has 2 fully saturated rings. The average Bonchev–Trinajstić information content (AvgIpc) is 3.71. The maximum Gasteiger partial charge on any atom is 1.00 e. The molecule has 0 radical (unpaired) electrons. The number of benzene rings is 4. The quantitative estimate of drug-likeness (QED) is 0.0401. The van der Waals surface area contributed by atoms with Crippen LogP contribution in [0, 0.1) is 41.4 Å². The fraction of sp³-hybridized carbons (Fsp3) is 0.473. The molecule has 3 aliphatic carbocycles. The fourth-order valence-electron chi connectivity index (χ4n) is 13.1. The van der Waals surface area contributed by atoms with E-state index in [0.29, 0.717) is 55.4 Å². The topological polar surface area (TPSA) is 201 Å². The second kappa shape index (κ2) is 19.6. The molecule has 11 nitrogen and oxygen atoms in total. The fourth-order valence-corrected chi connectivity index (χ4v) is 14.2. The maximum absolute atomic E-state index is 14.1. The van der Waals surface area contributed by atoms with Crippen molar-refractivity contribution in [2.45, 2.75) is 125 Å². The predicted octanol–water partition coefficient (Wildman–Crippen LogP) is 4.98. The van der Waals surface area contributed by atoms with Crippen LogP contribution in [0.1, 0.15) is 128 Å². The van der Waals surface area contributed by atoms with E-state index in [1.165, 1.54) is 0 Å². The van der Waals surface area contributed by atoms with E-state index in [-0.39, 0.29) is 90.3 Å². The van der Waals surface area contributed by atoms with Gasteiger partial charge in [-0.15, -0.1) is 0 Å². The van der Waals surface area contributed by atoms with Gasteiger partial charge >= 0.3 is 29.6 Å². The number of aliphatic hydroxyl groups excluding tert-OH is 1. The van der Waals surface area contributed by atoms with E-state index >= 15 is 0 Å². The molecule has 13 heteroatoms. The molecule has 1 saturated carbocycles. The first-order valence-corrected chi connectivity index (χ1v) is 25.7. The number of allylic oxidation sites excluding steroid dienone is 1. The Morgan fingerprint density at radius 1 is 0.985 bits per heavy atom. The number of nitrogens with two attached hydrogens (primary N) is 2. The van der Waals surface area contributed by atoms with Gasteiger partial charge in [0.1, 0.15) is 17.6 Å². The summed E-state index contributed by atoms with van der Waals surface area (Å²) < 4.78 is 56.7. The van der Waals surface area contributed by atoms with Gasteiger partial charge in [-0.05, 0) is 139 Å². The van der Waals surface area contributed by atoms with Crippen LogP contribution in [0.3, 0.4) is 0 Å². The van der Waals surface area contributed by atoms with Crippen molar-refractivity contribution in [1.29, 1.82) is 0 Å². The van der Waals surface area contributed by atoms with Crippen LogP contribution in [0.25, 0.3) is 0 Å². The van der Waals surface area contributed by atoms with Gasteiger partial charge in [0, 0.05) is 42.1 Å². The Morgan fingerprint density at radius 3 is 2.46 bits per heavy atom. The second-order valence-electron chi connectivity index (χ2n) is 20.5. The molecule has 5 heterocycles. The van der Waals surface area contributed by atoms with Crippen LogP contribution in [0.4, 0.5) is 0 Å². The number of phenolic OH excluding ortho intramolecular Hbond substituents is 1. The number of guanidine groups is 1. The number of aromatic hydroxyl groups is 1. The van der Waals surface area contributed by atoms with Crippen LogP contribution in [-0.2, 0) is 33.4 Å². The number of aliphatic hydroxyl groups is 2. The Labute approximate surface area is 422 Å². The minimum Gasteiger partial charge on any atom is -0.748 e. The number of fused-ring (bicyclic) bond motifs is 9. The molecular formula is C55H62N3NaO8S. The molecule has 4 aromatic rings. The monoisotopic (exact) mass is 947 g/mol. The van der Waals surface area contributed by atoms with Crippen molar-refractivity contribution in [2.24, 2.45) is 46.0 Å². The SMILES string of the molecule is C[C@H]1CCc2cc3ccc2[C@H]1C[C@@H](S(=O)(=O)[O-])[C@@H]1C=C2C[C@H](C[C@@H]4O[C@H]2c2ccc(O)cc2C#CC[C@@H]4CO)[C@@H]1c1ccc(cc1)[C@@](C[C@@H](Cc1ccccc1)C1(O)CCCC1)(N=C(N)N)O3.[Na+]. The first-order chi connectivity index (χ1) is 32.2. The molecule has 0 aromatic heterocycles. The van der Waals surface area contributed by atoms with E-state index in [0.717, 1.165) is 59.1 Å². The van der Waals surface area contributed by atoms with Crippen molar-refractivity contribution < 1.29 is 67.3 Å². The number of aliphatic imine (C=N–C) groups is 1. The van der Waals surface area contributed by atoms with Gasteiger partial charge in [-0.1, -0.05) is 104 Å². The summed E-state index contributed by atoms with van der Waals surface area (Å²) in [6, 6.07) is 29.2. The zero-order valence-electron chi connectivity index (χ0n) is 39.1. The average molecular weight is 948 g/mol.